The third kappa shape index (κ3) is 4.50. The molecule has 1 aromatic carbocycles. The van der Waals surface area contributed by atoms with Gasteiger partial charge in [-0.1, -0.05) is 12.1 Å². The number of ether oxygens (including phenoxy) is 2. The second kappa shape index (κ2) is 8.70. The highest BCUT2D eigenvalue weighted by Gasteiger charge is 2.39. The summed E-state index contributed by atoms with van der Waals surface area (Å²) in [5.74, 6) is 0.638. The van der Waals surface area contributed by atoms with E-state index in [-0.39, 0.29) is 18.2 Å². The predicted molar refractivity (Wildman–Crippen MR) is 99.9 cm³/mol. The van der Waals surface area contributed by atoms with Crippen LogP contribution in [0.1, 0.15) is 32.0 Å². The third-order valence-electron chi connectivity index (χ3n) is 4.44. The lowest BCUT2D eigenvalue weighted by Gasteiger charge is -2.22. The average molecular weight is 409 g/mol. The third-order valence-corrected chi connectivity index (χ3v) is 6.52. The molecule has 0 saturated carbocycles. The van der Waals surface area contributed by atoms with E-state index in [1.165, 1.54) is 4.31 Å². The molecule has 1 unspecified atom stereocenters. The molecule has 10 heteroatoms. The van der Waals surface area contributed by atoms with Crippen molar-refractivity contribution in [2.24, 2.45) is 0 Å². The Hall–Kier alpha value is -2.46. The van der Waals surface area contributed by atoms with Gasteiger partial charge in [0.25, 0.3) is 5.89 Å². The van der Waals surface area contributed by atoms with Gasteiger partial charge in [-0.25, -0.2) is 8.42 Å². The van der Waals surface area contributed by atoms with E-state index < -0.39 is 22.0 Å². The molecule has 0 amide bonds. The molecular formula is C18H23N3O6S. The first kappa shape index (κ1) is 20.3. The lowest BCUT2D eigenvalue weighted by Crippen LogP contribution is -2.42. The van der Waals surface area contributed by atoms with Crippen LogP contribution in [0.3, 0.4) is 0 Å². The second-order valence-electron chi connectivity index (χ2n) is 6.44. The molecule has 3 rings (SSSR count). The molecule has 0 spiro atoms. The number of sulfonamides is 1. The van der Waals surface area contributed by atoms with Gasteiger partial charge in [0.1, 0.15) is 11.8 Å². The normalized spacial score (nSPS) is 17.6. The van der Waals surface area contributed by atoms with Crippen LogP contribution < -0.4 is 4.74 Å². The van der Waals surface area contributed by atoms with Crippen LogP contribution in [0, 0.1) is 0 Å². The van der Waals surface area contributed by atoms with Gasteiger partial charge in [-0.3, -0.25) is 4.79 Å². The molecule has 1 fully saturated rings. The fourth-order valence-electron chi connectivity index (χ4n) is 3.08. The summed E-state index contributed by atoms with van der Waals surface area (Å²) in [5.41, 5.74) is 0.707. The summed E-state index contributed by atoms with van der Waals surface area (Å²) in [6, 6.07) is 6.30. The summed E-state index contributed by atoms with van der Waals surface area (Å²) >= 11 is 0. The molecule has 1 saturated heterocycles. The molecule has 0 radical (unpaired) electrons. The van der Waals surface area contributed by atoms with E-state index in [9.17, 15) is 13.2 Å². The predicted octanol–water partition coefficient (Wildman–Crippen LogP) is 1.99. The van der Waals surface area contributed by atoms with Gasteiger partial charge < -0.3 is 14.0 Å². The van der Waals surface area contributed by atoms with Crippen molar-refractivity contribution in [1.82, 2.24) is 14.4 Å². The summed E-state index contributed by atoms with van der Waals surface area (Å²) in [7, 11) is -1.88. The van der Waals surface area contributed by atoms with Crippen molar-refractivity contribution in [1.29, 1.82) is 0 Å². The van der Waals surface area contributed by atoms with Crippen molar-refractivity contribution in [2.45, 2.75) is 38.8 Å². The second-order valence-corrected chi connectivity index (χ2v) is 8.48. The van der Waals surface area contributed by atoms with E-state index in [1.807, 2.05) is 0 Å². The van der Waals surface area contributed by atoms with Gasteiger partial charge in [-0.05, 0) is 43.5 Å². The highest BCUT2D eigenvalue weighted by molar-refractivity contribution is 7.89. The molecule has 1 atom stereocenters. The summed E-state index contributed by atoms with van der Waals surface area (Å²) in [6.45, 7) is 1.94. The van der Waals surface area contributed by atoms with Gasteiger partial charge in [-0.15, -0.1) is 0 Å². The van der Waals surface area contributed by atoms with E-state index in [0.29, 0.717) is 43.0 Å². The van der Waals surface area contributed by atoms with Crippen LogP contribution in [-0.4, -0.2) is 54.3 Å². The summed E-state index contributed by atoms with van der Waals surface area (Å²) in [4.78, 5) is 16.6. The Bertz CT molecular complexity index is 910. The number of carbonyl (C=O) groups excluding carboxylic acids is 1. The lowest BCUT2D eigenvalue weighted by atomic mass is 10.2. The highest BCUT2D eigenvalue weighted by Crippen LogP contribution is 2.24. The van der Waals surface area contributed by atoms with E-state index >= 15 is 0 Å². The van der Waals surface area contributed by atoms with Gasteiger partial charge in [0, 0.05) is 12.1 Å². The summed E-state index contributed by atoms with van der Waals surface area (Å²) in [6.07, 6.45) is 1.58. The van der Waals surface area contributed by atoms with E-state index in [2.05, 4.69) is 10.1 Å². The van der Waals surface area contributed by atoms with Crippen LogP contribution in [0.4, 0.5) is 0 Å². The molecule has 1 aliphatic rings. The fourth-order valence-corrected chi connectivity index (χ4v) is 4.82. The Morgan fingerprint density at radius 1 is 1.32 bits per heavy atom. The first-order valence-electron chi connectivity index (χ1n) is 9.07. The van der Waals surface area contributed by atoms with E-state index in [1.54, 1.807) is 38.3 Å². The Kier molecular flexibility index (Phi) is 6.30. The smallest absolute Gasteiger partial charge is 0.324 e. The minimum atomic E-state index is -3.45. The van der Waals surface area contributed by atoms with E-state index in [4.69, 9.17) is 14.0 Å². The van der Waals surface area contributed by atoms with Crippen molar-refractivity contribution in [3.8, 4) is 17.2 Å². The monoisotopic (exact) mass is 409 g/mol. The van der Waals surface area contributed by atoms with Gasteiger partial charge in [0.2, 0.25) is 15.8 Å². The molecule has 2 heterocycles. The number of rotatable bonds is 8. The number of aromatic nitrogens is 2. The Balaban J connectivity index is 1.61. The first-order valence-corrected chi connectivity index (χ1v) is 10.7. The largest absolute Gasteiger partial charge is 0.497 e. The Labute approximate surface area is 163 Å². The quantitative estimate of drug-likeness (QED) is 0.609. The summed E-state index contributed by atoms with van der Waals surface area (Å²) in [5, 5.41) is 3.80. The number of hydrogen-bond acceptors (Lipinski definition) is 8. The first-order chi connectivity index (χ1) is 13.4. The number of methoxy groups -OCH3 is 1. The standard InChI is InChI=1S/C18H23N3O6S/c1-3-11-28(23,24)21-10-4-5-15(21)18(22)26-12-16-19-17(27-20-16)13-6-8-14(25-2)9-7-13/h6-9,15H,3-5,10-12H2,1-2H3. The number of benzene rings is 1. The highest BCUT2D eigenvalue weighted by atomic mass is 32.2. The molecule has 9 nitrogen and oxygen atoms in total. The van der Waals surface area contributed by atoms with Crippen LogP contribution >= 0.6 is 0 Å². The van der Waals surface area contributed by atoms with Gasteiger partial charge in [-0.2, -0.15) is 9.29 Å². The maximum atomic E-state index is 12.4. The molecule has 152 valence electrons. The molecule has 1 aliphatic heterocycles. The zero-order valence-electron chi connectivity index (χ0n) is 15.8. The van der Waals surface area contributed by atoms with Crippen LogP contribution in [0.15, 0.2) is 28.8 Å². The SMILES string of the molecule is CCCS(=O)(=O)N1CCCC1C(=O)OCc1noc(-c2ccc(OC)cc2)n1. The van der Waals surface area contributed by atoms with Crippen molar-refractivity contribution < 1.29 is 27.2 Å². The number of hydrogen-bond donors (Lipinski definition) is 0. The van der Waals surface area contributed by atoms with Crippen molar-refractivity contribution in [3.63, 3.8) is 0 Å². The van der Waals surface area contributed by atoms with Crippen LogP contribution in [0.5, 0.6) is 5.75 Å². The maximum Gasteiger partial charge on any atom is 0.324 e. The number of carbonyl (C=O) groups is 1. The van der Waals surface area contributed by atoms with Gasteiger partial charge >= 0.3 is 5.97 Å². The number of nitrogens with zero attached hydrogens (tertiary/aromatic N) is 3. The molecule has 28 heavy (non-hydrogen) atoms. The van der Waals surface area contributed by atoms with Crippen molar-refractivity contribution in [3.05, 3.63) is 30.1 Å². The zero-order valence-corrected chi connectivity index (χ0v) is 16.6. The minimum Gasteiger partial charge on any atom is -0.497 e. The Morgan fingerprint density at radius 2 is 2.07 bits per heavy atom. The van der Waals surface area contributed by atoms with Gasteiger partial charge in [0.15, 0.2) is 6.61 Å². The zero-order chi connectivity index (χ0) is 20.1. The molecule has 0 N–H and O–H groups in total. The van der Waals surface area contributed by atoms with Crippen molar-refractivity contribution in [2.75, 3.05) is 19.4 Å². The summed E-state index contributed by atoms with van der Waals surface area (Å²) < 4.78 is 41.4. The molecule has 0 aliphatic carbocycles. The van der Waals surface area contributed by atoms with Crippen LogP contribution in [-0.2, 0) is 26.2 Å². The Morgan fingerprint density at radius 3 is 2.75 bits per heavy atom. The minimum absolute atomic E-state index is 0.0207. The molecular weight excluding hydrogens is 386 g/mol. The van der Waals surface area contributed by atoms with Gasteiger partial charge in [0.05, 0.1) is 12.9 Å². The average Bonchev–Trinajstić information content (AvgIpc) is 3.36. The number of esters is 1. The topological polar surface area (TPSA) is 112 Å². The van der Waals surface area contributed by atoms with Crippen LogP contribution in [0.25, 0.3) is 11.5 Å². The molecule has 1 aromatic heterocycles. The maximum absolute atomic E-state index is 12.4. The lowest BCUT2D eigenvalue weighted by molar-refractivity contribution is -0.149. The van der Waals surface area contributed by atoms with E-state index in [0.717, 1.165) is 0 Å². The van der Waals surface area contributed by atoms with Crippen LogP contribution in [0.2, 0.25) is 0 Å². The molecule has 2 aromatic rings. The van der Waals surface area contributed by atoms with Crippen molar-refractivity contribution >= 4 is 16.0 Å². The fraction of sp³-hybridized carbons (Fsp3) is 0.500. The molecule has 0 bridgehead atoms.